The summed E-state index contributed by atoms with van der Waals surface area (Å²) < 4.78 is 13.2. The Kier molecular flexibility index (Phi) is 5.10. The molecular formula is C17H22FNO2. The van der Waals surface area contributed by atoms with Crippen LogP contribution in [0.1, 0.15) is 39.0 Å². The summed E-state index contributed by atoms with van der Waals surface area (Å²) in [5, 5.41) is 0. The second kappa shape index (κ2) is 6.83. The van der Waals surface area contributed by atoms with Crippen LogP contribution in [0.5, 0.6) is 0 Å². The van der Waals surface area contributed by atoms with Gasteiger partial charge in [-0.3, -0.25) is 9.59 Å². The molecule has 0 aromatic heterocycles. The lowest BCUT2D eigenvalue weighted by Gasteiger charge is -2.34. The molecule has 1 fully saturated rings. The van der Waals surface area contributed by atoms with E-state index in [-0.39, 0.29) is 35.9 Å². The predicted octanol–water partition coefficient (Wildman–Crippen LogP) is 3.33. The highest BCUT2D eigenvalue weighted by atomic mass is 19.1. The second-order valence-corrected chi connectivity index (χ2v) is 5.85. The van der Waals surface area contributed by atoms with Gasteiger partial charge in [-0.25, -0.2) is 4.39 Å². The Bertz CT molecular complexity index is 519. The van der Waals surface area contributed by atoms with Gasteiger partial charge < -0.3 is 4.90 Å². The molecule has 0 heterocycles. The molecule has 2 rings (SSSR count). The molecule has 4 heteroatoms. The molecule has 0 N–H and O–H groups in total. The Hall–Kier alpha value is -1.71. The van der Waals surface area contributed by atoms with Crippen molar-refractivity contribution in [2.24, 2.45) is 5.92 Å². The third-order valence-corrected chi connectivity index (χ3v) is 4.40. The van der Waals surface area contributed by atoms with Crippen LogP contribution < -0.4 is 0 Å². The van der Waals surface area contributed by atoms with Crippen LogP contribution in [-0.2, 0) is 9.59 Å². The molecular weight excluding hydrogens is 269 g/mol. The second-order valence-electron chi connectivity index (χ2n) is 5.85. The first-order chi connectivity index (χ1) is 9.99. The fourth-order valence-electron chi connectivity index (χ4n) is 3.01. The van der Waals surface area contributed by atoms with E-state index < -0.39 is 0 Å². The molecule has 2 aliphatic carbocycles. The molecule has 3 nitrogen and oxygen atoms in total. The van der Waals surface area contributed by atoms with Gasteiger partial charge in [-0.15, -0.1) is 0 Å². The molecule has 0 aromatic carbocycles. The fourth-order valence-corrected chi connectivity index (χ4v) is 3.01. The van der Waals surface area contributed by atoms with Crippen molar-refractivity contribution in [3.63, 3.8) is 0 Å². The molecule has 1 amide bonds. The number of halogens is 1. The number of rotatable bonds is 3. The van der Waals surface area contributed by atoms with Gasteiger partial charge in [0.15, 0.2) is 5.78 Å². The van der Waals surface area contributed by atoms with E-state index in [0.717, 1.165) is 19.3 Å². The number of allylic oxidation sites excluding steroid dienone is 6. The molecule has 1 unspecified atom stereocenters. The Morgan fingerprint density at radius 1 is 1.29 bits per heavy atom. The Balaban J connectivity index is 2.07. The van der Waals surface area contributed by atoms with Crippen molar-refractivity contribution in [1.29, 1.82) is 0 Å². The van der Waals surface area contributed by atoms with Crippen LogP contribution >= 0.6 is 0 Å². The SMILES string of the molecule is CC(=O)N(C)[C@H]1CCCC(C(=O)C2=CC=C(F)CC=C2)C1. The first-order valence-electron chi connectivity index (χ1n) is 7.49. The largest absolute Gasteiger partial charge is 0.343 e. The molecule has 114 valence electrons. The summed E-state index contributed by atoms with van der Waals surface area (Å²) in [7, 11) is 1.79. The Labute approximate surface area is 125 Å². The van der Waals surface area contributed by atoms with Crippen molar-refractivity contribution in [2.45, 2.75) is 45.1 Å². The molecule has 0 radical (unpaired) electrons. The maximum absolute atomic E-state index is 13.2. The normalized spacial score (nSPS) is 25.7. The van der Waals surface area contributed by atoms with Crippen LogP contribution in [0.2, 0.25) is 0 Å². The van der Waals surface area contributed by atoms with Gasteiger partial charge in [0.1, 0.15) is 5.83 Å². The number of ketones is 1. The molecule has 0 spiro atoms. The van der Waals surface area contributed by atoms with Gasteiger partial charge in [-0.05, 0) is 31.4 Å². The number of hydrogen-bond acceptors (Lipinski definition) is 2. The number of amides is 1. The summed E-state index contributed by atoms with van der Waals surface area (Å²) >= 11 is 0. The molecule has 0 bridgehead atoms. The molecule has 21 heavy (non-hydrogen) atoms. The van der Waals surface area contributed by atoms with Crippen LogP contribution in [0.4, 0.5) is 4.39 Å². The zero-order valence-corrected chi connectivity index (χ0v) is 12.6. The number of carbonyl (C=O) groups excluding carboxylic acids is 2. The molecule has 0 aliphatic heterocycles. The predicted molar refractivity (Wildman–Crippen MR) is 80.2 cm³/mol. The summed E-state index contributed by atoms with van der Waals surface area (Å²) in [5.41, 5.74) is 0.568. The Morgan fingerprint density at radius 2 is 2.05 bits per heavy atom. The molecule has 0 saturated heterocycles. The third kappa shape index (κ3) is 3.90. The van der Waals surface area contributed by atoms with Gasteiger partial charge in [-0.2, -0.15) is 0 Å². The standard InChI is InChI=1S/C17H22FNO2/c1-12(20)19(2)16-8-4-6-14(11-16)17(21)13-5-3-7-15(18)10-9-13/h3,5,9-10,14,16H,4,6-8,11H2,1-2H3/t14?,16-/m0/s1. The van der Waals surface area contributed by atoms with Gasteiger partial charge in [0.25, 0.3) is 0 Å². The molecule has 1 saturated carbocycles. The van der Waals surface area contributed by atoms with Gasteiger partial charge >= 0.3 is 0 Å². The van der Waals surface area contributed by atoms with Gasteiger partial charge in [-0.1, -0.05) is 18.6 Å². The van der Waals surface area contributed by atoms with Crippen LogP contribution in [0, 0.1) is 5.92 Å². The van der Waals surface area contributed by atoms with Gasteiger partial charge in [0.05, 0.1) is 0 Å². The minimum atomic E-state index is -0.230. The lowest BCUT2D eigenvalue weighted by atomic mass is 9.80. The third-order valence-electron chi connectivity index (χ3n) is 4.40. The van der Waals surface area contributed by atoms with Gasteiger partial charge in [0, 0.05) is 37.9 Å². The summed E-state index contributed by atoms with van der Waals surface area (Å²) in [6.07, 6.45) is 10.0. The smallest absolute Gasteiger partial charge is 0.219 e. The van der Waals surface area contributed by atoms with Crippen LogP contribution in [-0.4, -0.2) is 29.7 Å². The Morgan fingerprint density at radius 3 is 2.76 bits per heavy atom. The number of hydrogen-bond donors (Lipinski definition) is 0. The van der Waals surface area contributed by atoms with E-state index in [1.165, 1.54) is 6.08 Å². The van der Waals surface area contributed by atoms with Crippen LogP contribution in [0.15, 0.2) is 35.7 Å². The zero-order valence-electron chi connectivity index (χ0n) is 12.6. The molecule has 0 aromatic rings. The molecule has 2 atom stereocenters. The minimum absolute atomic E-state index is 0.0340. The highest BCUT2D eigenvalue weighted by Gasteiger charge is 2.31. The summed E-state index contributed by atoms with van der Waals surface area (Å²) in [4.78, 5) is 25.8. The van der Waals surface area contributed by atoms with E-state index in [4.69, 9.17) is 0 Å². The zero-order chi connectivity index (χ0) is 15.4. The van der Waals surface area contributed by atoms with Crippen molar-refractivity contribution in [3.05, 3.63) is 35.7 Å². The lowest BCUT2D eigenvalue weighted by Crippen LogP contribution is -2.40. The topological polar surface area (TPSA) is 37.4 Å². The fraction of sp³-hybridized carbons (Fsp3) is 0.529. The van der Waals surface area contributed by atoms with Gasteiger partial charge in [0.2, 0.25) is 5.91 Å². The maximum Gasteiger partial charge on any atom is 0.219 e. The van der Waals surface area contributed by atoms with Crippen molar-refractivity contribution in [1.82, 2.24) is 4.90 Å². The summed E-state index contributed by atoms with van der Waals surface area (Å²) in [6.45, 7) is 1.55. The number of nitrogens with zero attached hydrogens (tertiary/aromatic N) is 1. The first-order valence-corrected chi connectivity index (χ1v) is 7.49. The molecule has 2 aliphatic rings. The average Bonchev–Trinajstić information content (AvgIpc) is 2.70. The van der Waals surface area contributed by atoms with Crippen LogP contribution in [0.3, 0.4) is 0 Å². The van der Waals surface area contributed by atoms with Crippen molar-refractivity contribution < 1.29 is 14.0 Å². The first kappa shape index (κ1) is 15.7. The lowest BCUT2D eigenvalue weighted by molar-refractivity contribution is -0.131. The summed E-state index contributed by atoms with van der Waals surface area (Å²) in [5.74, 6) is -0.201. The van der Waals surface area contributed by atoms with E-state index in [0.29, 0.717) is 12.0 Å². The maximum atomic E-state index is 13.2. The van der Waals surface area contributed by atoms with E-state index in [1.807, 2.05) is 0 Å². The van der Waals surface area contributed by atoms with E-state index in [2.05, 4.69) is 0 Å². The quantitative estimate of drug-likeness (QED) is 0.800. The van der Waals surface area contributed by atoms with E-state index in [9.17, 15) is 14.0 Å². The van der Waals surface area contributed by atoms with Crippen molar-refractivity contribution in [3.8, 4) is 0 Å². The average molecular weight is 291 g/mol. The number of carbonyl (C=O) groups is 2. The minimum Gasteiger partial charge on any atom is -0.343 e. The monoisotopic (exact) mass is 291 g/mol. The van der Waals surface area contributed by atoms with Crippen molar-refractivity contribution >= 4 is 11.7 Å². The highest BCUT2D eigenvalue weighted by molar-refractivity contribution is 6.00. The van der Waals surface area contributed by atoms with E-state index in [1.54, 1.807) is 37.1 Å². The number of Topliss-reactive ketones (excluding diaryl/α,β-unsaturated/α-hetero) is 1. The highest BCUT2D eigenvalue weighted by Crippen LogP contribution is 2.30. The van der Waals surface area contributed by atoms with Crippen LogP contribution in [0.25, 0.3) is 0 Å². The summed E-state index contributed by atoms with van der Waals surface area (Å²) in [6, 6.07) is 0.132. The van der Waals surface area contributed by atoms with Crippen molar-refractivity contribution in [2.75, 3.05) is 7.05 Å². The van der Waals surface area contributed by atoms with E-state index >= 15 is 0 Å².